The maximum absolute atomic E-state index is 13.0. The molecular formula is C19H25FN4OS. The standard InChI is InChI=1S/C19H25FN4OS/c1-3-4-5-18(25)24-11-10-23(13-14(24)2)19-21-17(22-26-19)12-15-6-8-16(20)9-7-15/h6-9,14H,3-5,10-13H2,1-2H3. The van der Waals surface area contributed by atoms with E-state index in [2.05, 4.69) is 28.1 Å². The molecule has 7 heteroatoms. The molecule has 0 aliphatic carbocycles. The van der Waals surface area contributed by atoms with Gasteiger partial charge in [0.2, 0.25) is 11.0 Å². The van der Waals surface area contributed by atoms with Crippen molar-refractivity contribution in [2.45, 2.75) is 45.6 Å². The molecule has 140 valence electrons. The molecule has 1 amide bonds. The highest BCUT2D eigenvalue weighted by Crippen LogP contribution is 2.23. The van der Waals surface area contributed by atoms with E-state index in [4.69, 9.17) is 0 Å². The second-order valence-corrected chi connectivity index (χ2v) is 7.51. The van der Waals surface area contributed by atoms with E-state index in [1.165, 1.54) is 23.7 Å². The Morgan fingerprint density at radius 1 is 1.31 bits per heavy atom. The second kappa shape index (κ2) is 8.58. The molecule has 2 aromatic rings. The zero-order valence-corrected chi connectivity index (χ0v) is 16.1. The molecular weight excluding hydrogens is 351 g/mol. The Bertz CT molecular complexity index is 733. The summed E-state index contributed by atoms with van der Waals surface area (Å²) in [6, 6.07) is 6.62. The number of carbonyl (C=O) groups excluding carboxylic acids is 1. The maximum atomic E-state index is 13.0. The van der Waals surface area contributed by atoms with Gasteiger partial charge in [-0.05, 0) is 31.0 Å². The van der Waals surface area contributed by atoms with Crippen molar-refractivity contribution in [3.8, 4) is 0 Å². The summed E-state index contributed by atoms with van der Waals surface area (Å²) in [6.45, 7) is 6.50. The summed E-state index contributed by atoms with van der Waals surface area (Å²) in [5.41, 5.74) is 0.996. The van der Waals surface area contributed by atoms with Gasteiger partial charge in [0.1, 0.15) is 11.6 Å². The van der Waals surface area contributed by atoms with Crippen LogP contribution in [-0.2, 0) is 11.2 Å². The Balaban J connectivity index is 1.58. The smallest absolute Gasteiger partial charge is 0.222 e. The fourth-order valence-electron chi connectivity index (χ4n) is 3.20. The number of rotatable bonds is 6. The van der Waals surface area contributed by atoms with Crippen molar-refractivity contribution in [1.82, 2.24) is 14.3 Å². The fourth-order valence-corrected chi connectivity index (χ4v) is 3.92. The predicted octanol–water partition coefficient (Wildman–Crippen LogP) is 3.50. The van der Waals surface area contributed by atoms with Gasteiger partial charge in [0.15, 0.2) is 0 Å². The van der Waals surface area contributed by atoms with E-state index in [0.717, 1.165) is 49.0 Å². The first kappa shape index (κ1) is 18.8. The number of piperazine rings is 1. The monoisotopic (exact) mass is 376 g/mol. The molecule has 1 aromatic carbocycles. The number of unbranched alkanes of at least 4 members (excludes halogenated alkanes) is 1. The van der Waals surface area contributed by atoms with Crippen LogP contribution in [0.2, 0.25) is 0 Å². The highest BCUT2D eigenvalue weighted by atomic mass is 32.1. The molecule has 1 unspecified atom stereocenters. The molecule has 3 rings (SSSR count). The normalized spacial score (nSPS) is 17.6. The third-order valence-electron chi connectivity index (χ3n) is 4.70. The first-order valence-electron chi connectivity index (χ1n) is 9.18. The average Bonchev–Trinajstić information content (AvgIpc) is 3.10. The Hall–Kier alpha value is -2.02. The lowest BCUT2D eigenvalue weighted by molar-refractivity contribution is -0.133. The number of aromatic nitrogens is 2. The SMILES string of the molecule is CCCCC(=O)N1CCN(c2nc(Cc3ccc(F)cc3)ns2)CC1C. The molecule has 5 nitrogen and oxygen atoms in total. The van der Waals surface area contributed by atoms with Crippen molar-refractivity contribution in [1.29, 1.82) is 0 Å². The molecule has 0 radical (unpaired) electrons. The molecule has 0 N–H and O–H groups in total. The van der Waals surface area contributed by atoms with Gasteiger partial charge in [-0.2, -0.15) is 4.37 Å². The average molecular weight is 377 g/mol. The molecule has 1 fully saturated rings. The lowest BCUT2D eigenvalue weighted by Crippen LogP contribution is -2.54. The number of benzene rings is 1. The number of halogens is 1. The number of carbonyl (C=O) groups is 1. The summed E-state index contributed by atoms with van der Waals surface area (Å²) >= 11 is 1.39. The number of hydrogen-bond donors (Lipinski definition) is 0. The minimum absolute atomic E-state index is 0.178. The van der Waals surface area contributed by atoms with Crippen LogP contribution >= 0.6 is 11.5 Å². The molecule has 0 spiro atoms. The van der Waals surface area contributed by atoms with Gasteiger partial charge in [-0.3, -0.25) is 4.79 Å². The van der Waals surface area contributed by atoms with Gasteiger partial charge in [-0.1, -0.05) is 25.5 Å². The van der Waals surface area contributed by atoms with E-state index in [1.807, 2.05) is 4.90 Å². The van der Waals surface area contributed by atoms with Crippen LogP contribution in [0.15, 0.2) is 24.3 Å². The van der Waals surface area contributed by atoms with E-state index in [1.54, 1.807) is 12.1 Å². The highest BCUT2D eigenvalue weighted by Gasteiger charge is 2.28. The molecule has 1 atom stereocenters. The third-order valence-corrected chi connectivity index (χ3v) is 5.51. The van der Waals surface area contributed by atoms with Crippen molar-refractivity contribution in [3.05, 3.63) is 41.5 Å². The van der Waals surface area contributed by atoms with Crippen LogP contribution in [0, 0.1) is 5.82 Å². The number of amides is 1. The Morgan fingerprint density at radius 3 is 2.77 bits per heavy atom. The maximum Gasteiger partial charge on any atom is 0.222 e. The lowest BCUT2D eigenvalue weighted by Gasteiger charge is -2.39. The number of nitrogens with zero attached hydrogens (tertiary/aromatic N) is 4. The van der Waals surface area contributed by atoms with Crippen LogP contribution in [-0.4, -0.2) is 45.8 Å². The van der Waals surface area contributed by atoms with Crippen LogP contribution < -0.4 is 4.90 Å². The Kier molecular flexibility index (Phi) is 6.19. The van der Waals surface area contributed by atoms with E-state index in [0.29, 0.717) is 12.8 Å². The molecule has 26 heavy (non-hydrogen) atoms. The molecule has 1 aromatic heterocycles. The zero-order chi connectivity index (χ0) is 18.5. The first-order chi connectivity index (χ1) is 12.6. The van der Waals surface area contributed by atoms with E-state index < -0.39 is 0 Å². The van der Waals surface area contributed by atoms with Gasteiger partial charge in [0.05, 0.1) is 0 Å². The Labute approximate surface area is 158 Å². The first-order valence-corrected chi connectivity index (χ1v) is 9.95. The van der Waals surface area contributed by atoms with Gasteiger partial charge in [-0.25, -0.2) is 9.37 Å². The summed E-state index contributed by atoms with van der Waals surface area (Å²) in [5.74, 6) is 0.778. The molecule has 1 saturated heterocycles. The molecule has 1 aliphatic heterocycles. The summed E-state index contributed by atoms with van der Waals surface area (Å²) < 4.78 is 17.4. The van der Waals surface area contributed by atoms with Gasteiger partial charge < -0.3 is 9.80 Å². The van der Waals surface area contributed by atoms with E-state index in [9.17, 15) is 9.18 Å². The summed E-state index contributed by atoms with van der Waals surface area (Å²) in [7, 11) is 0. The third kappa shape index (κ3) is 4.58. The van der Waals surface area contributed by atoms with Crippen molar-refractivity contribution >= 4 is 22.6 Å². The van der Waals surface area contributed by atoms with Crippen molar-refractivity contribution in [2.24, 2.45) is 0 Å². The van der Waals surface area contributed by atoms with Crippen LogP contribution in [0.1, 0.15) is 44.5 Å². The van der Waals surface area contributed by atoms with Gasteiger partial charge in [0, 0.05) is 50.1 Å². The summed E-state index contributed by atoms with van der Waals surface area (Å²) in [4.78, 5) is 21.1. The number of anilines is 1. The van der Waals surface area contributed by atoms with Gasteiger partial charge >= 0.3 is 0 Å². The molecule has 2 heterocycles. The summed E-state index contributed by atoms with van der Waals surface area (Å²) in [5, 5.41) is 0.898. The lowest BCUT2D eigenvalue weighted by atomic mass is 10.1. The van der Waals surface area contributed by atoms with Crippen LogP contribution in [0.5, 0.6) is 0 Å². The van der Waals surface area contributed by atoms with E-state index in [-0.39, 0.29) is 17.8 Å². The number of hydrogen-bond acceptors (Lipinski definition) is 5. The molecule has 0 bridgehead atoms. The Morgan fingerprint density at radius 2 is 2.08 bits per heavy atom. The fraction of sp³-hybridized carbons (Fsp3) is 0.526. The van der Waals surface area contributed by atoms with Crippen molar-refractivity contribution in [2.75, 3.05) is 24.5 Å². The second-order valence-electron chi connectivity index (χ2n) is 6.78. The van der Waals surface area contributed by atoms with Crippen LogP contribution in [0.25, 0.3) is 0 Å². The highest BCUT2D eigenvalue weighted by molar-refractivity contribution is 7.09. The summed E-state index contributed by atoms with van der Waals surface area (Å²) in [6.07, 6.45) is 3.24. The van der Waals surface area contributed by atoms with Crippen LogP contribution in [0.4, 0.5) is 9.52 Å². The van der Waals surface area contributed by atoms with Crippen LogP contribution in [0.3, 0.4) is 0 Å². The molecule has 1 aliphatic rings. The quantitative estimate of drug-likeness (QED) is 0.774. The minimum Gasteiger partial charge on any atom is -0.343 e. The minimum atomic E-state index is -0.235. The predicted molar refractivity (Wildman–Crippen MR) is 102 cm³/mol. The van der Waals surface area contributed by atoms with Gasteiger partial charge in [-0.15, -0.1) is 0 Å². The van der Waals surface area contributed by atoms with Crippen molar-refractivity contribution in [3.63, 3.8) is 0 Å². The zero-order valence-electron chi connectivity index (χ0n) is 15.3. The molecule has 0 saturated carbocycles. The topological polar surface area (TPSA) is 49.3 Å². The van der Waals surface area contributed by atoms with Crippen molar-refractivity contribution < 1.29 is 9.18 Å². The van der Waals surface area contributed by atoms with Gasteiger partial charge in [0.25, 0.3) is 0 Å². The largest absolute Gasteiger partial charge is 0.343 e. The van der Waals surface area contributed by atoms with E-state index >= 15 is 0 Å².